The number of rotatable bonds is 5. The van der Waals surface area contributed by atoms with Crippen LogP contribution in [0.15, 0.2) is 12.4 Å². The zero-order valence-electron chi connectivity index (χ0n) is 14.6. The first-order chi connectivity index (χ1) is 12.2. The molecule has 0 aromatic carbocycles. The van der Waals surface area contributed by atoms with Crippen molar-refractivity contribution < 1.29 is 0 Å². The molecule has 1 fully saturated rings. The predicted molar refractivity (Wildman–Crippen MR) is 91.1 cm³/mol. The molecule has 0 saturated carbocycles. The normalized spacial score (nSPS) is 16.0. The molecule has 0 spiro atoms. The first kappa shape index (κ1) is 15.9. The van der Waals surface area contributed by atoms with Crippen LogP contribution in [0.2, 0.25) is 0 Å². The second-order valence-corrected chi connectivity index (χ2v) is 6.28. The van der Waals surface area contributed by atoms with E-state index >= 15 is 0 Å². The van der Waals surface area contributed by atoms with Gasteiger partial charge < -0.3 is 4.90 Å². The van der Waals surface area contributed by atoms with Gasteiger partial charge in [-0.2, -0.15) is 4.52 Å². The molecule has 4 rings (SSSR count). The quantitative estimate of drug-likeness (QED) is 0.647. The van der Waals surface area contributed by atoms with Crippen LogP contribution in [-0.2, 0) is 13.1 Å². The molecule has 4 heterocycles. The van der Waals surface area contributed by atoms with Crippen molar-refractivity contribution in [1.82, 2.24) is 44.7 Å². The summed E-state index contributed by atoms with van der Waals surface area (Å²) in [6.45, 7) is 9.39. The Morgan fingerprint density at radius 1 is 1.12 bits per heavy atom. The summed E-state index contributed by atoms with van der Waals surface area (Å²) < 4.78 is 3.77. The van der Waals surface area contributed by atoms with E-state index in [1.807, 2.05) is 22.3 Å². The van der Waals surface area contributed by atoms with Gasteiger partial charge in [0.05, 0.1) is 18.9 Å². The van der Waals surface area contributed by atoms with Crippen molar-refractivity contribution in [1.29, 1.82) is 0 Å². The third-order valence-corrected chi connectivity index (χ3v) is 4.44. The number of tetrazole rings is 1. The van der Waals surface area contributed by atoms with Gasteiger partial charge in [-0.3, -0.25) is 9.88 Å². The van der Waals surface area contributed by atoms with Gasteiger partial charge in [0.1, 0.15) is 5.82 Å². The van der Waals surface area contributed by atoms with Gasteiger partial charge in [-0.15, -0.1) is 10.2 Å². The molecule has 10 heteroatoms. The highest BCUT2D eigenvalue weighted by atomic mass is 15.5. The van der Waals surface area contributed by atoms with Gasteiger partial charge in [-0.05, 0) is 23.8 Å². The molecular weight excluding hydrogens is 320 g/mol. The van der Waals surface area contributed by atoms with Gasteiger partial charge in [0.2, 0.25) is 0 Å². The standard InChI is InChI=1S/C15H22N10/c1-3-4-24-14(18-20-21-24)11-22-5-7-23(8-6-22)15-10-16-9-13-17-12(2)19-25(13)15/h9-10H,3-8,11H2,1-2H3. The summed E-state index contributed by atoms with van der Waals surface area (Å²) in [6.07, 6.45) is 4.63. The van der Waals surface area contributed by atoms with Crippen LogP contribution in [0.5, 0.6) is 0 Å². The third kappa shape index (κ3) is 3.16. The van der Waals surface area contributed by atoms with Gasteiger partial charge in [0.15, 0.2) is 17.3 Å². The highest BCUT2D eigenvalue weighted by Crippen LogP contribution is 2.17. The first-order valence-electron chi connectivity index (χ1n) is 8.64. The molecule has 25 heavy (non-hydrogen) atoms. The molecule has 3 aromatic rings. The van der Waals surface area contributed by atoms with E-state index in [9.17, 15) is 0 Å². The molecule has 3 aromatic heterocycles. The lowest BCUT2D eigenvalue weighted by atomic mass is 10.3. The largest absolute Gasteiger partial charge is 0.353 e. The van der Waals surface area contributed by atoms with E-state index in [-0.39, 0.29) is 0 Å². The minimum Gasteiger partial charge on any atom is -0.353 e. The van der Waals surface area contributed by atoms with E-state index in [0.717, 1.165) is 68.8 Å². The van der Waals surface area contributed by atoms with E-state index in [2.05, 4.69) is 47.3 Å². The van der Waals surface area contributed by atoms with Gasteiger partial charge in [0.25, 0.3) is 0 Å². The van der Waals surface area contributed by atoms with Crippen LogP contribution in [0.4, 0.5) is 5.82 Å². The van der Waals surface area contributed by atoms with Crippen molar-refractivity contribution in [2.75, 3.05) is 31.1 Å². The summed E-state index contributed by atoms with van der Waals surface area (Å²) in [5.74, 6) is 2.69. The summed E-state index contributed by atoms with van der Waals surface area (Å²) in [4.78, 5) is 13.4. The topological polar surface area (TPSA) is 93.2 Å². The van der Waals surface area contributed by atoms with Gasteiger partial charge >= 0.3 is 0 Å². The van der Waals surface area contributed by atoms with Crippen molar-refractivity contribution >= 4 is 11.5 Å². The minimum absolute atomic E-state index is 0.760. The molecule has 10 nitrogen and oxygen atoms in total. The highest BCUT2D eigenvalue weighted by Gasteiger charge is 2.21. The highest BCUT2D eigenvalue weighted by molar-refractivity contribution is 5.47. The maximum Gasteiger partial charge on any atom is 0.176 e. The summed E-state index contributed by atoms with van der Waals surface area (Å²) in [5.41, 5.74) is 0.788. The average molecular weight is 342 g/mol. The van der Waals surface area contributed by atoms with Crippen molar-refractivity contribution in [3.63, 3.8) is 0 Å². The molecule has 1 aliphatic heterocycles. The lowest BCUT2D eigenvalue weighted by Gasteiger charge is -2.35. The second-order valence-electron chi connectivity index (χ2n) is 6.28. The Hall–Kier alpha value is -2.62. The summed E-state index contributed by atoms with van der Waals surface area (Å²) in [7, 11) is 0. The SMILES string of the molecule is CCCn1nnnc1CN1CCN(c2cncc3nc(C)nn23)CC1. The molecule has 0 aliphatic carbocycles. The molecule has 0 bridgehead atoms. The lowest BCUT2D eigenvalue weighted by Crippen LogP contribution is -2.47. The fourth-order valence-corrected chi connectivity index (χ4v) is 3.18. The molecule has 0 N–H and O–H groups in total. The smallest absolute Gasteiger partial charge is 0.176 e. The van der Waals surface area contributed by atoms with E-state index in [1.54, 1.807) is 6.20 Å². The molecule has 1 aliphatic rings. The van der Waals surface area contributed by atoms with Crippen molar-refractivity contribution in [2.45, 2.75) is 33.4 Å². The van der Waals surface area contributed by atoms with Crippen LogP contribution >= 0.6 is 0 Å². The van der Waals surface area contributed by atoms with Crippen molar-refractivity contribution in [2.24, 2.45) is 0 Å². The van der Waals surface area contributed by atoms with Gasteiger partial charge in [-0.1, -0.05) is 6.92 Å². The zero-order chi connectivity index (χ0) is 17.2. The number of hydrogen-bond acceptors (Lipinski definition) is 8. The maximum atomic E-state index is 4.48. The number of fused-ring (bicyclic) bond motifs is 1. The molecule has 1 saturated heterocycles. The Kier molecular flexibility index (Phi) is 4.26. The third-order valence-electron chi connectivity index (χ3n) is 4.44. The van der Waals surface area contributed by atoms with Crippen LogP contribution < -0.4 is 4.90 Å². The summed E-state index contributed by atoms with van der Waals surface area (Å²) in [5, 5.41) is 16.5. The van der Waals surface area contributed by atoms with Crippen molar-refractivity contribution in [3.05, 3.63) is 24.0 Å². The Bertz CT molecular complexity index is 845. The number of piperazine rings is 1. The molecular formula is C15H22N10. The van der Waals surface area contributed by atoms with E-state index in [0.29, 0.717) is 0 Å². The first-order valence-corrected chi connectivity index (χ1v) is 8.64. The monoisotopic (exact) mass is 342 g/mol. The average Bonchev–Trinajstić information content (AvgIpc) is 3.21. The fraction of sp³-hybridized carbons (Fsp3) is 0.600. The molecule has 0 atom stereocenters. The molecule has 0 amide bonds. The van der Waals surface area contributed by atoms with Crippen LogP contribution in [0.25, 0.3) is 5.65 Å². The van der Waals surface area contributed by atoms with Gasteiger partial charge in [-0.25, -0.2) is 9.67 Å². The lowest BCUT2D eigenvalue weighted by molar-refractivity contribution is 0.238. The number of anilines is 1. The van der Waals surface area contributed by atoms with Gasteiger partial charge in [0, 0.05) is 32.7 Å². The minimum atomic E-state index is 0.760. The molecule has 0 unspecified atom stereocenters. The molecule has 0 radical (unpaired) electrons. The van der Waals surface area contributed by atoms with Crippen LogP contribution in [0, 0.1) is 6.92 Å². The zero-order valence-corrected chi connectivity index (χ0v) is 14.6. The number of aryl methyl sites for hydroxylation is 2. The summed E-state index contributed by atoms with van der Waals surface area (Å²) in [6, 6.07) is 0. The van der Waals surface area contributed by atoms with Crippen LogP contribution in [-0.4, -0.2) is 70.9 Å². The predicted octanol–water partition coefficient (Wildman–Crippen LogP) is 0.151. The Labute approximate surface area is 145 Å². The van der Waals surface area contributed by atoms with E-state index in [4.69, 9.17) is 0 Å². The Balaban J connectivity index is 1.43. The Morgan fingerprint density at radius 3 is 2.76 bits per heavy atom. The number of nitrogens with zero attached hydrogens (tertiary/aromatic N) is 10. The van der Waals surface area contributed by atoms with Crippen LogP contribution in [0.1, 0.15) is 25.0 Å². The van der Waals surface area contributed by atoms with Crippen molar-refractivity contribution in [3.8, 4) is 0 Å². The number of aromatic nitrogens is 8. The summed E-state index contributed by atoms with van der Waals surface area (Å²) >= 11 is 0. The van der Waals surface area contributed by atoms with E-state index < -0.39 is 0 Å². The van der Waals surface area contributed by atoms with E-state index in [1.165, 1.54) is 0 Å². The molecule has 132 valence electrons. The Morgan fingerprint density at radius 2 is 1.96 bits per heavy atom. The van der Waals surface area contributed by atoms with Crippen LogP contribution in [0.3, 0.4) is 0 Å². The maximum absolute atomic E-state index is 4.48. The fourth-order valence-electron chi connectivity index (χ4n) is 3.18. The second kappa shape index (κ2) is 6.71. The number of hydrogen-bond donors (Lipinski definition) is 0.